The average molecular weight is 904 g/mol. The summed E-state index contributed by atoms with van der Waals surface area (Å²) >= 11 is 0. The number of aromatic nitrogens is 5. The van der Waals surface area contributed by atoms with Crippen LogP contribution < -0.4 is 0 Å². The van der Waals surface area contributed by atoms with E-state index in [-0.39, 0.29) is 0 Å². The second-order valence-electron chi connectivity index (χ2n) is 18.9. The summed E-state index contributed by atoms with van der Waals surface area (Å²) in [5.41, 5.74) is 17.6. The van der Waals surface area contributed by atoms with E-state index in [9.17, 15) is 0 Å². The van der Waals surface area contributed by atoms with Crippen molar-refractivity contribution in [2.75, 3.05) is 0 Å². The van der Waals surface area contributed by atoms with Crippen molar-refractivity contribution in [3.8, 4) is 28.4 Å². The van der Waals surface area contributed by atoms with E-state index in [0.717, 1.165) is 28.4 Å². The van der Waals surface area contributed by atoms with Gasteiger partial charge >= 0.3 is 0 Å². The summed E-state index contributed by atoms with van der Waals surface area (Å²) in [6, 6.07) is 91.6. The molecule has 0 N–H and O–H groups in total. The van der Waals surface area contributed by atoms with E-state index in [4.69, 9.17) is 0 Å². The van der Waals surface area contributed by atoms with Gasteiger partial charge in [0, 0.05) is 82.3 Å². The molecule has 5 aromatic heterocycles. The zero-order chi connectivity index (χ0) is 46.3. The Labute approximate surface area is 407 Å². The van der Waals surface area contributed by atoms with Gasteiger partial charge < -0.3 is 22.8 Å². The zero-order valence-electron chi connectivity index (χ0n) is 38.4. The van der Waals surface area contributed by atoms with Gasteiger partial charge in [-0.05, 0) is 121 Å². The van der Waals surface area contributed by atoms with E-state index in [2.05, 4.69) is 272 Å². The van der Waals surface area contributed by atoms with Crippen LogP contribution in [-0.4, -0.2) is 22.8 Å². The Morgan fingerprint density at radius 2 is 0.366 bits per heavy atom. The van der Waals surface area contributed by atoms with Gasteiger partial charge in [-0.1, -0.05) is 127 Å². The molecule has 0 radical (unpaired) electrons. The van der Waals surface area contributed by atoms with Gasteiger partial charge in [0.05, 0.1) is 55.2 Å². The van der Waals surface area contributed by atoms with Gasteiger partial charge in [-0.3, -0.25) is 0 Å². The van der Waals surface area contributed by atoms with Crippen LogP contribution in [-0.2, 0) is 0 Å². The van der Waals surface area contributed by atoms with Crippen LogP contribution in [0.25, 0.3) is 137 Å². The molecule has 0 atom stereocenters. The zero-order valence-corrected chi connectivity index (χ0v) is 38.4. The average Bonchev–Trinajstić information content (AvgIpc) is 4.22. The van der Waals surface area contributed by atoms with Crippen LogP contribution in [0.1, 0.15) is 0 Å². The maximum atomic E-state index is 2.48. The lowest BCUT2D eigenvalue weighted by molar-refractivity contribution is 1.16. The first-order valence-corrected chi connectivity index (χ1v) is 24.4. The Kier molecular flexibility index (Phi) is 7.82. The molecule has 0 amide bonds. The normalized spacial score (nSPS) is 12.2. The van der Waals surface area contributed by atoms with E-state index in [1.807, 2.05) is 0 Å². The van der Waals surface area contributed by atoms with Crippen LogP contribution in [0, 0.1) is 0 Å². The molecule has 0 spiro atoms. The monoisotopic (exact) mass is 903 g/mol. The minimum Gasteiger partial charge on any atom is -0.309 e. The third-order valence-corrected chi connectivity index (χ3v) is 15.2. The smallest absolute Gasteiger partial charge is 0.0548 e. The SMILES string of the molecule is c1ccc(-n2c3ccc(-n4c5ccccc5c5cc6c(cc54)c4ccccc4n6-c4ccccc4)cc3c3cc(-n4c5ccccc5c5cc6c(cc54)c4ccccc4n6-c4ccccc4)ccc32)cc1. The van der Waals surface area contributed by atoms with Crippen LogP contribution in [0.15, 0.2) is 249 Å². The molecule has 71 heavy (non-hydrogen) atoms. The van der Waals surface area contributed by atoms with Crippen molar-refractivity contribution in [3.63, 3.8) is 0 Å². The summed E-state index contributed by atoms with van der Waals surface area (Å²) in [4.78, 5) is 0. The maximum Gasteiger partial charge on any atom is 0.0548 e. The van der Waals surface area contributed by atoms with Gasteiger partial charge in [-0.25, -0.2) is 0 Å². The van der Waals surface area contributed by atoms with E-state index in [1.165, 1.54) is 109 Å². The highest BCUT2D eigenvalue weighted by Crippen LogP contribution is 2.44. The fourth-order valence-electron chi connectivity index (χ4n) is 12.3. The molecule has 5 heteroatoms. The predicted molar refractivity (Wildman–Crippen MR) is 298 cm³/mol. The van der Waals surface area contributed by atoms with E-state index >= 15 is 0 Å². The minimum atomic E-state index is 1.13. The molecule has 0 aliphatic rings. The van der Waals surface area contributed by atoms with Crippen LogP contribution in [0.5, 0.6) is 0 Å². The number of para-hydroxylation sites is 7. The number of rotatable bonds is 5. The molecule has 0 unspecified atom stereocenters. The highest BCUT2D eigenvalue weighted by atomic mass is 15.0. The van der Waals surface area contributed by atoms with Gasteiger partial charge in [0.1, 0.15) is 0 Å². The van der Waals surface area contributed by atoms with Crippen molar-refractivity contribution in [1.82, 2.24) is 22.8 Å². The topological polar surface area (TPSA) is 24.6 Å². The summed E-state index contributed by atoms with van der Waals surface area (Å²) in [5, 5.41) is 12.3. The largest absolute Gasteiger partial charge is 0.309 e. The molecule has 0 aliphatic heterocycles. The molecule has 0 saturated heterocycles. The van der Waals surface area contributed by atoms with Crippen molar-refractivity contribution in [3.05, 3.63) is 249 Å². The molecule has 0 aliphatic carbocycles. The van der Waals surface area contributed by atoms with E-state index in [0.29, 0.717) is 0 Å². The summed E-state index contributed by atoms with van der Waals surface area (Å²) in [6.45, 7) is 0. The summed E-state index contributed by atoms with van der Waals surface area (Å²) in [6.07, 6.45) is 0. The Morgan fingerprint density at radius 1 is 0.141 bits per heavy atom. The molecular formula is C66H41N5. The van der Waals surface area contributed by atoms with Crippen LogP contribution in [0.3, 0.4) is 0 Å². The molecular weight excluding hydrogens is 863 g/mol. The molecule has 16 aromatic rings. The first-order chi connectivity index (χ1) is 35.2. The second kappa shape index (κ2) is 14.5. The number of hydrogen-bond acceptors (Lipinski definition) is 0. The van der Waals surface area contributed by atoms with Crippen molar-refractivity contribution in [2.45, 2.75) is 0 Å². The first kappa shape index (κ1) is 38.4. The van der Waals surface area contributed by atoms with Crippen molar-refractivity contribution in [2.24, 2.45) is 0 Å². The van der Waals surface area contributed by atoms with Gasteiger partial charge in [0.2, 0.25) is 0 Å². The van der Waals surface area contributed by atoms with Gasteiger partial charge in [-0.2, -0.15) is 0 Å². The highest BCUT2D eigenvalue weighted by molar-refractivity contribution is 6.21. The number of fused-ring (bicyclic) bond motifs is 15. The van der Waals surface area contributed by atoms with Crippen LogP contribution in [0.4, 0.5) is 0 Å². The summed E-state index contributed by atoms with van der Waals surface area (Å²) in [5.74, 6) is 0. The lowest BCUT2D eigenvalue weighted by Crippen LogP contribution is -1.96. The van der Waals surface area contributed by atoms with Crippen LogP contribution in [0.2, 0.25) is 0 Å². The van der Waals surface area contributed by atoms with Gasteiger partial charge in [0.15, 0.2) is 0 Å². The second-order valence-corrected chi connectivity index (χ2v) is 18.9. The molecule has 5 nitrogen and oxygen atoms in total. The Morgan fingerprint density at radius 3 is 0.676 bits per heavy atom. The lowest BCUT2D eigenvalue weighted by Gasteiger charge is -2.11. The number of hydrogen-bond donors (Lipinski definition) is 0. The fourth-order valence-corrected chi connectivity index (χ4v) is 12.3. The molecule has 11 aromatic carbocycles. The predicted octanol–water partition coefficient (Wildman–Crippen LogP) is 17.2. The van der Waals surface area contributed by atoms with E-state index < -0.39 is 0 Å². The van der Waals surface area contributed by atoms with Crippen molar-refractivity contribution >= 4 is 109 Å². The van der Waals surface area contributed by atoms with Crippen molar-refractivity contribution < 1.29 is 0 Å². The molecule has 0 saturated carbocycles. The standard InChI is InChI=1S/C66H41N5/c1-4-18-42(19-5-1)67-61-34-32-45(70-59-30-16-12-26-49(59)55-38-63-53(40-65(55)70)47-24-10-14-28-57(47)68(63)43-20-6-2-7-21-43)36-51(61)52-37-46(33-35-62(52)67)71-60-31-17-13-27-50(60)56-39-64-54(41-66(56)71)48-25-11-15-29-58(48)69(64)44-22-8-3-9-23-44/h1-41H. The fraction of sp³-hybridized carbons (Fsp3) is 0. The lowest BCUT2D eigenvalue weighted by atomic mass is 10.1. The Bertz CT molecular complexity index is 4560. The summed E-state index contributed by atoms with van der Waals surface area (Å²) in [7, 11) is 0. The van der Waals surface area contributed by atoms with Crippen molar-refractivity contribution in [1.29, 1.82) is 0 Å². The first-order valence-electron chi connectivity index (χ1n) is 24.4. The molecule has 16 rings (SSSR count). The third kappa shape index (κ3) is 5.34. The summed E-state index contributed by atoms with van der Waals surface area (Å²) < 4.78 is 12.2. The van der Waals surface area contributed by atoms with Gasteiger partial charge in [-0.15, -0.1) is 0 Å². The Balaban J connectivity index is 0.966. The van der Waals surface area contributed by atoms with Gasteiger partial charge in [0.25, 0.3) is 0 Å². The Hall–Kier alpha value is -9.58. The quantitative estimate of drug-likeness (QED) is 0.164. The van der Waals surface area contributed by atoms with E-state index in [1.54, 1.807) is 0 Å². The molecule has 5 heterocycles. The highest BCUT2D eigenvalue weighted by Gasteiger charge is 2.23. The number of nitrogens with zero attached hydrogens (tertiary/aromatic N) is 5. The molecule has 330 valence electrons. The maximum absolute atomic E-state index is 2.48. The minimum absolute atomic E-state index is 1.13. The third-order valence-electron chi connectivity index (χ3n) is 15.2. The number of benzene rings is 11. The van der Waals surface area contributed by atoms with Crippen LogP contribution >= 0.6 is 0 Å². The molecule has 0 bridgehead atoms. The molecule has 0 fully saturated rings.